The van der Waals surface area contributed by atoms with Gasteiger partial charge in [-0.05, 0) is 30.7 Å². The lowest BCUT2D eigenvalue weighted by atomic mass is 10.1. The Morgan fingerprint density at radius 2 is 1.81 bits per heavy atom. The molecule has 0 spiro atoms. The first-order valence-electron chi connectivity index (χ1n) is 7.61. The second kappa shape index (κ2) is 6.50. The van der Waals surface area contributed by atoms with Crippen molar-refractivity contribution in [3.05, 3.63) is 64.7 Å². The third-order valence-corrected chi connectivity index (χ3v) is 4.50. The van der Waals surface area contributed by atoms with E-state index in [2.05, 4.69) is 48.2 Å². The number of nitrogens with zero attached hydrogens (tertiary/aromatic N) is 1. The minimum absolute atomic E-state index is 0.838. The molecule has 1 saturated heterocycles. The summed E-state index contributed by atoms with van der Waals surface area (Å²) in [4.78, 5) is 4.15. The third kappa shape index (κ3) is 3.58. The molecule has 2 nitrogen and oxygen atoms in total. The first-order chi connectivity index (χ1) is 10.2. The van der Waals surface area contributed by atoms with Gasteiger partial charge in [-0.3, -0.25) is 0 Å². The van der Waals surface area contributed by atoms with E-state index >= 15 is 0 Å². The van der Waals surface area contributed by atoms with Crippen LogP contribution in [0.15, 0.2) is 48.5 Å². The zero-order chi connectivity index (χ0) is 14.7. The number of nitrogens with one attached hydrogen (secondary N) is 1. The quantitative estimate of drug-likeness (QED) is 0.915. The second-order valence-electron chi connectivity index (χ2n) is 5.83. The van der Waals surface area contributed by atoms with Crippen LogP contribution in [0.4, 0.5) is 5.69 Å². The number of benzene rings is 2. The number of piperazine rings is 1. The molecule has 1 aliphatic heterocycles. The van der Waals surface area contributed by atoms with Crippen molar-refractivity contribution in [2.24, 2.45) is 0 Å². The minimum Gasteiger partial charge on any atom is -0.360 e. The van der Waals surface area contributed by atoms with E-state index in [1.807, 2.05) is 12.1 Å². The van der Waals surface area contributed by atoms with Gasteiger partial charge in [0.15, 0.2) is 0 Å². The highest BCUT2D eigenvalue weighted by atomic mass is 35.5. The van der Waals surface area contributed by atoms with Gasteiger partial charge < -0.3 is 9.80 Å². The molecule has 0 amide bonds. The molecule has 2 aromatic rings. The molecule has 1 N–H and O–H groups in total. The average molecular weight is 302 g/mol. The standard InChI is InChI=1S/C18H21ClN2/c1-15-5-2-3-8-18(15)21-11-9-20(10-12-21)14-16-6-4-7-17(19)13-16/h2-8,13H,9-12,14H2,1H3/p+1. The van der Waals surface area contributed by atoms with Crippen molar-refractivity contribution in [1.82, 2.24) is 0 Å². The van der Waals surface area contributed by atoms with Gasteiger partial charge in [-0.15, -0.1) is 0 Å². The molecule has 0 bridgehead atoms. The number of anilines is 1. The lowest BCUT2D eigenvalue weighted by Gasteiger charge is -2.34. The summed E-state index contributed by atoms with van der Waals surface area (Å²) in [6, 6.07) is 16.9. The molecule has 2 aromatic carbocycles. The van der Waals surface area contributed by atoms with Crippen LogP contribution in [-0.4, -0.2) is 26.2 Å². The number of rotatable bonds is 3. The fraction of sp³-hybridized carbons (Fsp3) is 0.333. The summed E-state index contributed by atoms with van der Waals surface area (Å²) in [7, 11) is 0. The van der Waals surface area contributed by atoms with Crippen molar-refractivity contribution >= 4 is 17.3 Å². The molecule has 110 valence electrons. The van der Waals surface area contributed by atoms with Crippen LogP contribution < -0.4 is 9.80 Å². The normalized spacial score (nSPS) is 16.2. The predicted octanol–water partition coefficient (Wildman–Crippen LogP) is 2.55. The summed E-state index contributed by atoms with van der Waals surface area (Å²) in [5.41, 5.74) is 4.09. The predicted molar refractivity (Wildman–Crippen MR) is 89.2 cm³/mol. The van der Waals surface area contributed by atoms with Crippen LogP contribution in [0.5, 0.6) is 0 Å². The Hall–Kier alpha value is -1.51. The van der Waals surface area contributed by atoms with E-state index < -0.39 is 0 Å². The minimum atomic E-state index is 0.838. The average Bonchev–Trinajstić information content (AvgIpc) is 2.49. The smallest absolute Gasteiger partial charge is 0.103 e. The highest BCUT2D eigenvalue weighted by molar-refractivity contribution is 6.30. The Labute approximate surface area is 131 Å². The van der Waals surface area contributed by atoms with Gasteiger partial charge in [-0.25, -0.2) is 0 Å². The molecule has 21 heavy (non-hydrogen) atoms. The van der Waals surface area contributed by atoms with Crippen LogP contribution >= 0.6 is 11.6 Å². The molecule has 1 aliphatic rings. The Balaban J connectivity index is 1.59. The van der Waals surface area contributed by atoms with Crippen molar-refractivity contribution in [2.45, 2.75) is 13.5 Å². The molecule has 0 saturated carbocycles. The maximum Gasteiger partial charge on any atom is 0.103 e. The molecule has 1 fully saturated rings. The number of hydrogen-bond donors (Lipinski definition) is 1. The van der Waals surface area contributed by atoms with Crippen LogP contribution in [0.25, 0.3) is 0 Å². The molecule has 3 rings (SSSR count). The number of para-hydroxylation sites is 1. The monoisotopic (exact) mass is 301 g/mol. The van der Waals surface area contributed by atoms with Crippen molar-refractivity contribution in [1.29, 1.82) is 0 Å². The highest BCUT2D eigenvalue weighted by Crippen LogP contribution is 2.19. The SMILES string of the molecule is Cc1ccccc1N1CC[NH+](Cc2cccc(Cl)c2)CC1. The van der Waals surface area contributed by atoms with Crippen LogP contribution in [0, 0.1) is 6.92 Å². The van der Waals surface area contributed by atoms with Gasteiger partial charge in [0.2, 0.25) is 0 Å². The molecule has 0 radical (unpaired) electrons. The first-order valence-corrected chi connectivity index (χ1v) is 7.99. The van der Waals surface area contributed by atoms with Crippen LogP contribution in [0.2, 0.25) is 5.02 Å². The maximum atomic E-state index is 6.07. The Morgan fingerprint density at radius 1 is 1.05 bits per heavy atom. The zero-order valence-electron chi connectivity index (χ0n) is 12.5. The number of aryl methyl sites for hydroxylation is 1. The molecule has 0 atom stereocenters. The van der Waals surface area contributed by atoms with Gasteiger partial charge in [0.25, 0.3) is 0 Å². The second-order valence-corrected chi connectivity index (χ2v) is 6.27. The fourth-order valence-electron chi connectivity index (χ4n) is 3.09. The number of quaternary nitrogens is 1. The third-order valence-electron chi connectivity index (χ3n) is 4.27. The van der Waals surface area contributed by atoms with Crippen molar-refractivity contribution in [3.63, 3.8) is 0 Å². The molecular formula is C18H22ClN2+. The van der Waals surface area contributed by atoms with Crippen LogP contribution in [0.3, 0.4) is 0 Å². The summed E-state index contributed by atoms with van der Waals surface area (Å²) in [5, 5.41) is 0.838. The highest BCUT2D eigenvalue weighted by Gasteiger charge is 2.21. The molecule has 0 aliphatic carbocycles. The summed E-state index contributed by atoms with van der Waals surface area (Å²) in [5.74, 6) is 0. The molecule has 1 heterocycles. The summed E-state index contributed by atoms with van der Waals surface area (Å²) >= 11 is 6.07. The van der Waals surface area contributed by atoms with E-state index in [4.69, 9.17) is 11.6 Å². The molecule has 3 heteroatoms. The number of halogens is 1. The van der Waals surface area contributed by atoms with E-state index in [1.165, 1.54) is 29.9 Å². The molecular weight excluding hydrogens is 280 g/mol. The Kier molecular flexibility index (Phi) is 4.47. The van der Waals surface area contributed by atoms with Crippen molar-refractivity contribution < 1.29 is 4.90 Å². The Bertz CT molecular complexity index is 604. The van der Waals surface area contributed by atoms with Gasteiger partial charge in [-0.1, -0.05) is 41.9 Å². The lowest BCUT2D eigenvalue weighted by Crippen LogP contribution is -3.13. The first kappa shape index (κ1) is 14.4. The Morgan fingerprint density at radius 3 is 2.52 bits per heavy atom. The van der Waals surface area contributed by atoms with E-state index in [9.17, 15) is 0 Å². The van der Waals surface area contributed by atoms with Crippen LogP contribution in [-0.2, 0) is 6.54 Å². The van der Waals surface area contributed by atoms with Crippen molar-refractivity contribution in [2.75, 3.05) is 31.1 Å². The lowest BCUT2D eigenvalue weighted by molar-refractivity contribution is -0.914. The summed E-state index contributed by atoms with van der Waals surface area (Å²) < 4.78 is 0. The van der Waals surface area contributed by atoms with Crippen LogP contribution in [0.1, 0.15) is 11.1 Å². The summed E-state index contributed by atoms with van der Waals surface area (Å²) in [6.45, 7) is 7.88. The summed E-state index contributed by atoms with van der Waals surface area (Å²) in [6.07, 6.45) is 0. The fourth-order valence-corrected chi connectivity index (χ4v) is 3.31. The maximum absolute atomic E-state index is 6.07. The zero-order valence-corrected chi connectivity index (χ0v) is 13.2. The van der Waals surface area contributed by atoms with Gasteiger partial charge in [-0.2, -0.15) is 0 Å². The van der Waals surface area contributed by atoms with E-state index in [1.54, 1.807) is 4.90 Å². The van der Waals surface area contributed by atoms with Gasteiger partial charge in [0, 0.05) is 16.3 Å². The van der Waals surface area contributed by atoms with E-state index in [-0.39, 0.29) is 0 Å². The largest absolute Gasteiger partial charge is 0.360 e. The van der Waals surface area contributed by atoms with E-state index in [0.717, 1.165) is 24.7 Å². The number of hydrogen-bond acceptors (Lipinski definition) is 1. The topological polar surface area (TPSA) is 7.68 Å². The van der Waals surface area contributed by atoms with Gasteiger partial charge in [0.05, 0.1) is 26.2 Å². The van der Waals surface area contributed by atoms with Gasteiger partial charge >= 0.3 is 0 Å². The molecule has 0 unspecified atom stereocenters. The van der Waals surface area contributed by atoms with E-state index in [0.29, 0.717) is 0 Å². The molecule has 0 aromatic heterocycles. The van der Waals surface area contributed by atoms with Crippen molar-refractivity contribution in [3.8, 4) is 0 Å². The van der Waals surface area contributed by atoms with Gasteiger partial charge in [0.1, 0.15) is 6.54 Å².